The van der Waals surface area contributed by atoms with Gasteiger partial charge in [0.25, 0.3) is 0 Å². The largest absolute Gasteiger partial charge is 0.311 e. The van der Waals surface area contributed by atoms with Gasteiger partial charge < -0.3 is 14.4 Å². The van der Waals surface area contributed by atoms with Gasteiger partial charge in [-0.2, -0.15) is 0 Å². The molecule has 0 N–H and O–H groups in total. The Bertz CT molecular complexity index is 3150. The van der Waals surface area contributed by atoms with E-state index in [1.54, 1.807) is 0 Å². The molecule has 3 nitrogen and oxygen atoms in total. The molecule has 9 aromatic carbocycles. The molecule has 11 rings (SSSR count). The summed E-state index contributed by atoms with van der Waals surface area (Å²) < 4.78 is 2.46. The van der Waals surface area contributed by atoms with E-state index in [1.165, 1.54) is 60.9 Å². The SMILES string of the molecule is CC1(C)c2ccccc2-c2ccc(-n3c4ccccc4c4ccc(N(c5ccccc5)c5ccc(N(c6ccccc6)c6ccc(-c7ccccc7)cc6)cc5)cc43)cc21. The third-order valence-electron chi connectivity index (χ3n) is 12.4. The molecule has 0 radical (unpaired) electrons. The normalized spacial score (nSPS) is 12.6. The Kier molecular flexibility index (Phi) is 8.49. The Labute approximate surface area is 351 Å². The molecule has 10 aromatic rings. The van der Waals surface area contributed by atoms with Crippen LogP contribution in [0.3, 0.4) is 0 Å². The van der Waals surface area contributed by atoms with Gasteiger partial charge in [0, 0.05) is 56.0 Å². The van der Waals surface area contributed by atoms with E-state index in [0.29, 0.717) is 0 Å². The van der Waals surface area contributed by atoms with Crippen LogP contribution in [0.2, 0.25) is 0 Å². The smallest absolute Gasteiger partial charge is 0.0561 e. The lowest BCUT2D eigenvalue weighted by molar-refractivity contribution is 0.660. The van der Waals surface area contributed by atoms with Gasteiger partial charge in [-0.15, -0.1) is 0 Å². The van der Waals surface area contributed by atoms with Gasteiger partial charge in [-0.25, -0.2) is 0 Å². The van der Waals surface area contributed by atoms with Crippen LogP contribution in [0.1, 0.15) is 25.0 Å². The topological polar surface area (TPSA) is 11.4 Å². The van der Waals surface area contributed by atoms with Gasteiger partial charge in [-0.05, 0) is 124 Å². The number of nitrogens with zero attached hydrogens (tertiary/aromatic N) is 3. The lowest BCUT2D eigenvalue weighted by Crippen LogP contribution is -2.15. The van der Waals surface area contributed by atoms with Crippen LogP contribution in [0.15, 0.2) is 224 Å². The predicted molar refractivity (Wildman–Crippen MR) is 253 cm³/mol. The van der Waals surface area contributed by atoms with E-state index >= 15 is 0 Å². The summed E-state index contributed by atoms with van der Waals surface area (Å²) in [7, 11) is 0. The molecule has 0 saturated heterocycles. The molecule has 1 aliphatic rings. The first kappa shape index (κ1) is 35.5. The first-order valence-electron chi connectivity index (χ1n) is 20.8. The van der Waals surface area contributed by atoms with Gasteiger partial charge in [0.15, 0.2) is 0 Å². The maximum atomic E-state index is 2.46. The van der Waals surface area contributed by atoms with Crippen LogP contribution in [-0.4, -0.2) is 4.57 Å². The highest BCUT2D eigenvalue weighted by atomic mass is 15.2. The van der Waals surface area contributed by atoms with Crippen LogP contribution in [0.4, 0.5) is 34.1 Å². The minimum Gasteiger partial charge on any atom is -0.311 e. The third kappa shape index (κ3) is 5.89. The zero-order valence-electron chi connectivity index (χ0n) is 33.7. The molecule has 0 amide bonds. The molecule has 0 spiro atoms. The first-order valence-corrected chi connectivity index (χ1v) is 20.8. The van der Waals surface area contributed by atoms with Gasteiger partial charge in [0.2, 0.25) is 0 Å². The molecule has 60 heavy (non-hydrogen) atoms. The fourth-order valence-corrected chi connectivity index (χ4v) is 9.44. The fourth-order valence-electron chi connectivity index (χ4n) is 9.44. The molecule has 1 aromatic heterocycles. The Morgan fingerprint density at radius 1 is 0.333 bits per heavy atom. The van der Waals surface area contributed by atoms with Crippen molar-refractivity contribution < 1.29 is 0 Å². The van der Waals surface area contributed by atoms with Gasteiger partial charge in [0.05, 0.1) is 11.0 Å². The van der Waals surface area contributed by atoms with Crippen LogP contribution < -0.4 is 9.80 Å². The molecule has 286 valence electrons. The van der Waals surface area contributed by atoms with Crippen LogP contribution in [0, 0.1) is 0 Å². The van der Waals surface area contributed by atoms with E-state index in [-0.39, 0.29) is 5.41 Å². The van der Waals surface area contributed by atoms with Gasteiger partial charge >= 0.3 is 0 Å². The van der Waals surface area contributed by atoms with E-state index in [4.69, 9.17) is 0 Å². The lowest BCUT2D eigenvalue weighted by Gasteiger charge is -2.28. The molecule has 0 saturated carbocycles. The van der Waals surface area contributed by atoms with Crippen molar-refractivity contribution >= 4 is 55.9 Å². The molecule has 0 aliphatic heterocycles. The quantitative estimate of drug-likeness (QED) is 0.152. The summed E-state index contributed by atoms with van der Waals surface area (Å²) in [5, 5.41) is 2.48. The van der Waals surface area contributed by atoms with Crippen LogP contribution in [-0.2, 0) is 5.41 Å². The molecular weight excluding hydrogens is 727 g/mol. The molecule has 1 aliphatic carbocycles. The van der Waals surface area contributed by atoms with Crippen molar-refractivity contribution in [3.8, 4) is 27.9 Å². The third-order valence-corrected chi connectivity index (χ3v) is 12.4. The van der Waals surface area contributed by atoms with Crippen molar-refractivity contribution in [1.82, 2.24) is 4.57 Å². The number of anilines is 6. The number of rotatable bonds is 8. The number of hydrogen-bond acceptors (Lipinski definition) is 2. The molecule has 0 atom stereocenters. The maximum absolute atomic E-state index is 2.46. The van der Waals surface area contributed by atoms with Crippen molar-refractivity contribution in [2.45, 2.75) is 19.3 Å². The summed E-state index contributed by atoms with van der Waals surface area (Å²) in [6.07, 6.45) is 0. The average molecular weight is 770 g/mol. The summed E-state index contributed by atoms with van der Waals surface area (Å²) in [6.45, 7) is 4.71. The second-order valence-corrected chi connectivity index (χ2v) is 16.2. The average Bonchev–Trinajstić information content (AvgIpc) is 3.76. The Balaban J connectivity index is 1.02. The Hall–Kier alpha value is -7.62. The molecular formula is C57H43N3. The van der Waals surface area contributed by atoms with E-state index in [1.807, 2.05) is 0 Å². The zero-order chi connectivity index (χ0) is 40.2. The molecule has 0 unspecified atom stereocenters. The number of aromatic nitrogens is 1. The summed E-state index contributed by atoms with van der Waals surface area (Å²) in [5.41, 5.74) is 17.8. The van der Waals surface area contributed by atoms with Gasteiger partial charge in [-0.1, -0.05) is 147 Å². The molecule has 3 heteroatoms. The van der Waals surface area contributed by atoms with Crippen molar-refractivity contribution in [2.75, 3.05) is 9.80 Å². The van der Waals surface area contributed by atoms with Crippen molar-refractivity contribution in [2.24, 2.45) is 0 Å². The maximum Gasteiger partial charge on any atom is 0.0561 e. The van der Waals surface area contributed by atoms with E-state index < -0.39 is 0 Å². The molecule has 0 fully saturated rings. The van der Waals surface area contributed by atoms with Crippen molar-refractivity contribution in [1.29, 1.82) is 0 Å². The highest BCUT2D eigenvalue weighted by Gasteiger charge is 2.35. The summed E-state index contributed by atoms with van der Waals surface area (Å²) in [5.74, 6) is 0. The summed E-state index contributed by atoms with van der Waals surface area (Å²) in [4.78, 5) is 4.70. The van der Waals surface area contributed by atoms with Crippen molar-refractivity contribution in [3.05, 3.63) is 236 Å². The summed E-state index contributed by atoms with van der Waals surface area (Å²) >= 11 is 0. The van der Waals surface area contributed by atoms with E-state index in [9.17, 15) is 0 Å². The first-order chi connectivity index (χ1) is 29.5. The Morgan fingerprint density at radius 3 is 1.47 bits per heavy atom. The number of para-hydroxylation sites is 3. The van der Waals surface area contributed by atoms with E-state index in [0.717, 1.165) is 34.1 Å². The molecule has 0 bridgehead atoms. The Morgan fingerprint density at radius 2 is 0.800 bits per heavy atom. The van der Waals surface area contributed by atoms with E-state index in [2.05, 4.69) is 253 Å². The van der Waals surface area contributed by atoms with Crippen molar-refractivity contribution in [3.63, 3.8) is 0 Å². The minimum absolute atomic E-state index is 0.0934. The molecule has 1 heterocycles. The zero-order valence-corrected chi connectivity index (χ0v) is 33.7. The lowest BCUT2D eigenvalue weighted by atomic mass is 9.82. The van der Waals surface area contributed by atoms with Gasteiger partial charge in [-0.3, -0.25) is 0 Å². The predicted octanol–water partition coefficient (Wildman–Crippen LogP) is 15.7. The number of hydrogen-bond donors (Lipinski definition) is 0. The van der Waals surface area contributed by atoms with Crippen LogP contribution in [0.25, 0.3) is 49.7 Å². The van der Waals surface area contributed by atoms with Crippen LogP contribution >= 0.6 is 0 Å². The van der Waals surface area contributed by atoms with Crippen LogP contribution in [0.5, 0.6) is 0 Å². The standard InChI is InChI=1S/C57H43N3/c1-57(2)53-24-14-12-22-49(53)50-36-34-47(38-54(50)57)60-55-25-15-13-23-51(55)52-37-35-48(39-56(52)60)59(43-20-10-5-11-21-43)46-32-30-45(31-33-46)58(42-18-8-4-9-19-42)44-28-26-41(27-29-44)40-16-6-3-7-17-40/h3-39H,1-2H3. The minimum atomic E-state index is -0.0934. The highest BCUT2D eigenvalue weighted by Crippen LogP contribution is 2.50. The second-order valence-electron chi connectivity index (χ2n) is 16.2. The second kappa shape index (κ2) is 14.3. The number of benzene rings is 9. The number of fused-ring (bicyclic) bond motifs is 6. The van der Waals surface area contributed by atoms with Gasteiger partial charge in [0.1, 0.15) is 0 Å². The summed E-state index contributed by atoms with van der Waals surface area (Å²) in [6, 6.07) is 81.4. The fraction of sp³-hybridized carbons (Fsp3) is 0.0526. The highest BCUT2D eigenvalue weighted by molar-refractivity contribution is 6.10. The monoisotopic (exact) mass is 769 g/mol.